The van der Waals surface area contributed by atoms with Gasteiger partial charge in [0.25, 0.3) is 16.0 Å². The number of aromatic hydroxyl groups is 2. The fourth-order valence-electron chi connectivity index (χ4n) is 12.2. The van der Waals surface area contributed by atoms with Crippen LogP contribution in [-0.2, 0) is 84.9 Å². The largest absolute Gasteiger partial charge is 0.507 e. The summed E-state index contributed by atoms with van der Waals surface area (Å²) in [4.78, 5) is 85.6. The first kappa shape index (κ1) is 66.5. The Morgan fingerprint density at radius 3 is 2.20 bits per heavy atom. The van der Waals surface area contributed by atoms with Gasteiger partial charge in [0.1, 0.15) is 40.7 Å². The molecule has 0 aromatic heterocycles. The Hall–Kier alpha value is -7.47. The summed E-state index contributed by atoms with van der Waals surface area (Å²) in [7, 11) is -1.86. The summed E-state index contributed by atoms with van der Waals surface area (Å²) < 4.78 is 91.4. The number of phenols is 2. The summed E-state index contributed by atoms with van der Waals surface area (Å²) in [6.07, 6.45) is -5.71. The highest BCUT2D eigenvalue weighted by molar-refractivity contribution is 7.85. The molecule has 0 bridgehead atoms. The molecule has 28 heteroatoms. The number of ether oxygens (including phenoxy) is 10. The molecule has 0 saturated carbocycles. The maximum absolute atomic E-state index is 14.3. The van der Waals surface area contributed by atoms with Gasteiger partial charge in [-0.25, -0.2) is 0 Å². The van der Waals surface area contributed by atoms with Crippen LogP contribution >= 0.6 is 0 Å². The minimum atomic E-state index is -4.72. The second-order valence-electron chi connectivity index (χ2n) is 22.5. The van der Waals surface area contributed by atoms with E-state index in [0.717, 1.165) is 11.1 Å². The molecule has 91 heavy (non-hydrogen) atoms. The Balaban J connectivity index is 0.640. The van der Waals surface area contributed by atoms with Crippen LogP contribution in [0.2, 0.25) is 0 Å². The van der Waals surface area contributed by atoms with Crippen LogP contribution < -0.4 is 25.6 Å². The minimum Gasteiger partial charge on any atom is -0.507 e. The van der Waals surface area contributed by atoms with Crippen molar-refractivity contribution in [3.8, 4) is 29.1 Å². The number of fused-ring (bicyclic) bond motifs is 8. The number of nitrogens with one attached hydrogen (secondary N) is 3. The van der Waals surface area contributed by atoms with E-state index in [1.54, 1.807) is 23.1 Å². The van der Waals surface area contributed by atoms with Crippen LogP contribution in [0.4, 0.5) is 5.69 Å². The van der Waals surface area contributed by atoms with E-state index in [0.29, 0.717) is 24.4 Å². The van der Waals surface area contributed by atoms with Gasteiger partial charge in [-0.3, -0.25) is 38.2 Å². The quantitative estimate of drug-likeness (QED) is 0.0170. The Morgan fingerprint density at radius 1 is 0.791 bits per heavy atom. The highest BCUT2D eigenvalue weighted by Gasteiger charge is 2.55. The first-order valence-corrected chi connectivity index (χ1v) is 31.5. The smallest absolute Gasteiger partial charge is 0.267 e. The standard InChI is InChI=1S/C63H73N5O22S/c1-36-58-44(67-21-24-87-61(82-3)60(67)90-58)31-49(88-36)89-46-33-63(77,32-41-51(46)57(74)53-52(55(41)72)54(71)40-12-8-14-45(81-2)50(40)56(53)73)62(76)65-20-23-84-26-28-86-30-29-85-27-25-83-22-18-47(69)66-42(35-91(78,79)80)59(75)64-19-17-48(70)68-34-39-11-5-4-9-37(39)15-16-38-10-6-7-13-43(38)68/h4-14,36,42,44,46,49,58,60-61,72,74,77H,17-35H2,1-3H3,(H,64,75)(H,65,76)(H,66,69)(H,78,79,80)/t36?,42?,44?,46?,49?,58?,60?,61-,63?/m0/s1. The van der Waals surface area contributed by atoms with E-state index >= 15 is 0 Å². The molecule has 0 radical (unpaired) electrons. The SMILES string of the molecule is COc1cccc2c1C(=O)c1c(O)c3c(c(O)c1C2=O)CC(O)(C(=O)NCCOCCOCCOCCOCCC(=O)NC(CS(=O)(=O)O)C(=O)NCCC(=O)N1Cc2ccccc2C#Cc2ccccc21)CC3OC1CC2C(OC3[C@@H](OC)OCCN23)C(C)O1. The van der Waals surface area contributed by atoms with Crippen LogP contribution in [0.15, 0.2) is 66.7 Å². The Labute approximate surface area is 524 Å². The number of carbonyl (C=O) groups is 6. The molecule has 4 aromatic carbocycles. The number of anilines is 1. The first-order chi connectivity index (χ1) is 43.8. The number of rotatable bonds is 27. The maximum Gasteiger partial charge on any atom is 0.267 e. The predicted octanol–water partition coefficient (Wildman–Crippen LogP) is 1.55. The van der Waals surface area contributed by atoms with Crippen molar-refractivity contribution >= 4 is 51.0 Å². The van der Waals surface area contributed by atoms with E-state index in [2.05, 4.69) is 32.7 Å². The number of ketones is 2. The van der Waals surface area contributed by atoms with Crippen molar-refractivity contribution in [2.24, 2.45) is 0 Å². The fraction of sp³-hybridized carbons (Fsp3) is 0.492. The third kappa shape index (κ3) is 15.1. The molecular weight excluding hydrogens is 1210 g/mol. The van der Waals surface area contributed by atoms with E-state index < -0.39 is 129 Å². The minimum absolute atomic E-state index is 0.00348. The number of para-hydroxylation sites is 1. The molecule has 4 aromatic rings. The van der Waals surface area contributed by atoms with E-state index in [9.17, 15) is 57.1 Å². The molecule has 8 unspecified atom stereocenters. The van der Waals surface area contributed by atoms with Crippen LogP contribution in [0.1, 0.15) is 98.4 Å². The number of phenolic OH excluding ortho intramolecular Hbond substituents is 2. The van der Waals surface area contributed by atoms with Crippen molar-refractivity contribution in [1.82, 2.24) is 20.9 Å². The molecule has 7 N–H and O–H groups in total. The number of aliphatic hydroxyl groups is 1. The van der Waals surface area contributed by atoms with Gasteiger partial charge in [-0.1, -0.05) is 54.3 Å². The van der Waals surface area contributed by atoms with Crippen LogP contribution in [0.5, 0.6) is 17.2 Å². The van der Waals surface area contributed by atoms with Gasteiger partial charge in [0, 0.05) is 92.7 Å². The highest BCUT2D eigenvalue weighted by atomic mass is 32.2. The molecule has 4 amide bonds. The molecule has 10 rings (SSSR count). The molecule has 4 heterocycles. The molecule has 3 saturated heterocycles. The van der Waals surface area contributed by atoms with E-state index in [1.165, 1.54) is 32.4 Å². The highest BCUT2D eigenvalue weighted by Crippen LogP contribution is 2.53. The lowest BCUT2D eigenvalue weighted by molar-refractivity contribution is -0.256. The number of amides is 4. The van der Waals surface area contributed by atoms with E-state index in [1.807, 2.05) is 37.3 Å². The molecule has 3 fully saturated rings. The number of morpholine rings is 1. The zero-order chi connectivity index (χ0) is 64.6. The molecule has 2 aliphatic carbocycles. The second kappa shape index (κ2) is 29.4. The molecular formula is C63H73N5O22S. The number of carbonyl (C=O) groups excluding carboxylic acids is 6. The molecule has 9 atom stereocenters. The van der Waals surface area contributed by atoms with E-state index in [4.69, 9.17) is 47.4 Å². The lowest BCUT2D eigenvalue weighted by Crippen LogP contribution is -2.55. The van der Waals surface area contributed by atoms with Gasteiger partial charge >= 0.3 is 0 Å². The Morgan fingerprint density at radius 2 is 1.47 bits per heavy atom. The van der Waals surface area contributed by atoms with Crippen molar-refractivity contribution in [2.45, 2.75) is 100 Å². The van der Waals surface area contributed by atoms with Crippen LogP contribution in [0.25, 0.3) is 0 Å². The lowest BCUT2D eigenvalue weighted by Gasteiger charge is -2.43. The van der Waals surface area contributed by atoms with Crippen LogP contribution in [-0.4, -0.2) is 216 Å². The van der Waals surface area contributed by atoms with E-state index in [-0.39, 0.29) is 132 Å². The number of benzene rings is 4. The Kier molecular flexibility index (Phi) is 21.5. The van der Waals surface area contributed by atoms with Gasteiger partial charge in [-0.15, -0.1) is 0 Å². The van der Waals surface area contributed by atoms with Crippen molar-refractivity contribution in [3.63, 3.8) is 0 Å². The number of methoxy groups -OCH3 is 2. The zero-order valence-electron chi connectivity index (χ0n) is 50.3. The van der Waals surface area contributed by atoms with Crippen molar-refractivity contribution in [1.29, 1.82) is 0 Å². The first-order valence-electron chi connectivity index (χ1n) is 29.9. The third-order valence-electron chi connectivity index (χ3n) is 16.6. The van der Waals surface area contributed by atoms with Gasteiger partial charge in [0.05, 0.1) is 108 Å². The average molecular weight is 1280 g/mol. The number of hydrogen-bond donors (Lipinski definition) is 7. The van der Waals surface area contributed by atoms with Crippen molar-refractivity contribution in [2.75, 3.05) is 104 Å². The molecule has 488 valence electrons. The Bertz CT molecular complexity index is 3580. The van der Waals surface area contributed by atoms with Gasteiger partial charge < -0.3 is 83.5 Å². The topological polar surface area (TPSA) is 352 Å². The average Bonchev–Trinajstić information content (AvgIpc) is 1.08. The van der Waals surface area contributed by atoms with Gasteiger partial charge in [0.2, 0.25) is 23.5 Å². The molecule has 0 spiro atoms. The van der Waals surface area contributed by atoms with Crippen LogP contribution in [0.3, 0.4) is 0 Å². The number of nitrogens with zero attached hydrogens (tertiary/aromatic N) is 2. The summed E-state index contributed by atoms with van der Waals surface area (Å²) in [6, 6.07) is 17.1. The van der Waals surface area contributed by atoms with Crippen LogP contribution in [0, 0.1) is 11.8 Å². The molecule has 4 aliphatic heterocycles. The fourth-order valence-corrected chi connectivity index (χ4v) is 12.9. The monoisotopic (exact) mass is 1280 g/mol. The second-order valence-corrected chi connectivity index (χ2v) is 24.0. The van der Waals surface area contributed by atoms with Gasteiger partial charge in [-0.05, 0) is 36.8 Å². The summed E-state index contributed by atoms with van der Waals surface area (Å²) in [5.41, 5.74) is -0.836. The van der Waals surface area contributed by atoms with Gasteiger partial charge in [0.15, 0.2) is 24.6 Å². The normalized spacial score (nSPS) is 23.4. The molecule has 27 nitrogen and oxygen atoms in total. The predicted molar refractivity (Wildman–Crippen MR) is 319 cm³/mol. The summed E-state index contributed by atoms with van der Waals surface area (Å²) in [5.74, 6) is -0.530. The maximum atomic E-state index is 14.3. The zero-order valence-corrected chi connectivity index (χ0v) is 51.2. The summed E-state index contributed by atoms with van der Waals surface area (Å²) in [5, 5.41) is 43.9. The van der Waals surface area contributed by atoms with Crippen molar-refractivity contribution in [3.05, 3.63) is 117 Å². The lowest BCUT2D eigenvalue weighted by atomic mass is 9.72. The van der Waals surface area contributed by atoms with Gasteiger partial charge in [-0.2, -0.15) is 8.42 Å². The summed E-state index contributed by atoms with van der Waals surface area (Å²) in [6.45, 7) is 3.38. The summed E-state index contributed by atoms with van der Waals surface area (Å²) >= 11 is 0. The van der Waals surface area contributed by atoms with Crippen molar-refractivity contribution < 1.29 is 104 Å². The molecule has 6 aliphatic rings. The third-order valence-corrected chi connectivity index (χ3v) is 17.3. The number of hydrogen-bond acceptors (Lipinski definition) is 22.